The Morgan fingerprint density at radius 3 is 2.96 bits per heavy atom. The van der Waals surface area contributed by atoms with Crippen molar-refractivity contribution in [3.05, 3.63) is 42.7 Å². The second-order valence-electron chi connectivity index (χ2n) is 6.30. The van der Waals surface area contributed by atoms with Crippen LogP contribution < -0.4 is 5.32 Å². The predicted molar refractivity (Wildman–Crippen MR) is 97.8 cm³/mol. The van der Waals surface area contributed by atoms with Crippen molar-refractivity contribution >= 4 is 33.9 Å². The Kier molecular flexibility index (Phi) is 4.22. The molecule has 0 fully saturated rings. The zero-order valence-electron chi connectivity index (χ0n) is 14.7. The summed E-state index contributed by atoms with van der Waals surface area (Å²) in [7, 11) is 0. The number of carboxylic acid groups (broad SMARTS) is 1. The highest BCUT2D eigenvalue weighted by Crippen LogP contribution is 2.26. The van der Waals surface area contributed by atoms with Crippen LogP contribution >= 0.6 is 0 Å². The highest BCUT2D eigenvalue weighted by molar-refractivity contribution is 5.92. The van der Waals surface area contributed by atoms with Crippen LogP contribution in [0, 0.1) is 5.82 Å². The Morgan fingerprint density at radius 1 is 1.36 bits per heavy atom. The molecule has 0 saturated heterocycles. The zero-order valence-corrected chi connectivity index (χ0v) is 14.7. The van der Waals surface area contributed by atoms with E-state index in [2.05, 4.69) is 25.3 Å². The summed E-state index contributed by atoms with van der Waals surface area (Å²) in [5.41, 5.74) is 1.60. The van der Waals surface area contributed by atoms with Gasteiger partial charge in [-0.15, -0.1) is 0 Å². The molecule has 0 saturated carbocycles. The molecule has 3 N–H and O–H groups in total. The van der Waals surface area contributed by atoms with Gasteiger partial charge < -0.3 is 20.0 Å². The topological polar surface area (TPSA) is 126 Å². The second kappa shape index (κ2) is 6.72. The summed E-state index contributed by atoms with van der Waals surface area (Å²) in [4.78, 5) is 38.7. The molecule has 28 heavy (non-hydrogen) atoms. The molecule has 0 aliphatic carbocycles. The monoisotopic (exact) mass is 382 g/mol. The van der Waals surface area contributed by atoms with E-state index in [0.29, 0.717) is 33.5 Å². The first-order valence-electron chi connectivity index (χ1n) is 8.39. The van der Waals surface area contributed by atoms with Gasteiger partial charge >= 0.3 is 5.97 Å². The molecule has 4 rings (SSSR count). The largest absolute Gasteiger partial charge is 0.480 e. The van der Waals surface area contributed by atoms with Gasteiger partial charge in [-0.3, -0.25) is 9.59 Å². The van der Waals surface area contributed by atoms with Crippen LogP contribution in [0.15, 0.2) is 36.9 Å². The van der Waals surface area contributed by atoms with Crippen LogP contribution in [0.3, 0.4) is 0 Å². The van der Waals surface area contributed by atoms with Gasteiger partial charge in [-0.1, -0.05) is 0 Å². The number of fused-ring (bicyclic) bond motifs is 2. The van der Waals surface area contributed by atoms with Crippen LogP contribution in [0.2, 0.25) is 0 Å². The summed E-state index contributed by atoms with van der Waals surface area (Å²) in [6, 6.07) is 2.11. The second-order valence-corrected chi connectivity index (χ2v) is 6.30. The van der Waals surface area contributed by atoms with Crippen LogP contribution in [0.1, 0.15) is 6.92 Å². The standard InChI is InChI=1S/C18H15FN6O3/c1-9(18(27)28)23-14(26)8-25-3-2-10-5-20-16(24-17(10)25)13-7-22-15-12(13)4-11(19)6-21-15/h2-7,9H,8H2,1H3,(H,21,22)(H,23,26)(H,27,28)/t9-/m0/s1. The lowest BCUT2D eigenvalue weighted by Crippen LogP contribution is -2.40. The zero-order chi connectivity index (χ0) is 19.8. The molecule has 0 bridgehead atoms. The molecule has 0 radical (unpaired) electrons. The molecular weight excluding hydrogens is 367 g/mol. The normalized spacial score (nSPS) is 12.4. The number of halogens is 1. The van der Waals surface area contributed by atoms with Gasteiger partial charge in [0.05, 0.1) is 6.20 Å². The number of carbonyl (C=O) groups excluding carboxylic acids is 1. The van der Waals surface area contributed by atoms with Crippen LogP contribution in [-0.4, -0.2) is 47.5 Å². The fourth-order valence-corrected chi connectivity index (χ4v) is 2.89. The minimum atomic E-state index is -1.12. The molecule has 4 aromatic heterocycles. The minimum absolute atomic E-state index is 0.0956. The number of nitrogens with zero attached hydrogens (tertiary/aromatic N) is 4. The van der Waals surface area contributed by atoms with Gasteiger partial charge in [-0.05, 0) is 19.1 Å². The number of pyridine rings is 1. The molecule has 0 unspecified atom stereocenters. The van der Waals surface area contributed by atoms with E-state index in [1.54, 1.807) is 29.2 Å². The number of aromatic nitrogens is 5. The Balaban J connectivity index is 1.69. The van der Waals surface area contributed by atoms with Crippen molar-refractivity contribution in [1.82, 2.24) is 29.8 Å². The SMILES string of the molecule is C[C@H](NC(=O)Cn1ccc2cnc(-c3c[nH]c4ncc(F)cc34)nc21)C(=O)O. The van der Waals surface area contributed by atoms with E-state index in [1.165, 1.54) is 13.0 Å². The average molecular weight is 382 g/mol. The van der Waals surface area contributed by atoms with Crippen LogP contribution in [-0.2, 0) is 16.1 Å². The maximum Gasteiger partial charge on any atom is 0.325 e. The lowest BCUT2D eigenvalue weighted by molar-refractivity contribution is -0.141. The van der Waals surface area contributed by atoms with Crippen molar-refractivity contribution in [2.45, 2.75) is 19.5 Å². The number of aliphatic carboxylic acids is 1. The third-order valence-corrected chi connectivity index (χ3v) is 4.30. The Bertz CT molecular complexity index is 1210. The fourth-order valence-electron chi connectivity index (χ4n) is 2.89. The van der Waals surface area contributed by atoms with E-state index in [9.17, 15) is 14.0 Å². The number of carbonyl (C=O) groups is 2. The average Bonchev–Trinajstić information content (AvgIpc) is 3.25. The number of amides is 1. The first-order chi connectivity index (χ1) is 13.4. The van der Waals surface area contributed by atoms with Gasteiger partial charge in [0.1, 0.15) is 29.7 Å². The van der Waals surface area contributed by atoms with Crippen LogP contribution in [0.5, 0.6) is 0 Å². The van der Waals surface area contributed by atoms with Gasteiger partial charge in [0.2, 0.25) is 5.91 Å². The molecule has 9 nitrogen and oxygen atoms in total. The first kappa shape index (κ1) is 17.6. The maximum absolute atomic E-state index is 13.6. The van der Waals surface area contributed by atoms with Crippen molar-refractivity contribution in [2.24, 2.45) is 0 Å². The number of H-pyrrole nitrogens is 1. The Labute approximate surface area is 157 Å². The fraction of sp³-hybridized carbons (Fsp3) is 0.167. The number of rotatable bonds is 5. The first-order valence-corrected chi connectivity index (χ1v) is 8.39. The van der Waals surface area contributed by atoms with Gasteiger partial charge in [-0.25, -0.2) is 19.3 Å². The summed E-state index contributed by atoms with van der Waals surface area (Å²) >= 11 is 0. The molecule has 0 aromatic carbocycles. The van der Waals surface area contributed by atoms with E-state index in [4.69, 9.17) is 5.11 Å². The minimum Gasteiger partial charge on any atom is -0.480 e. The molecule has 4 aromatic rings. The quantitative estimate of drug-likeness (QED) is 0.482. The highest BCUT2D eigenvalue weighted by atomic mass is 19.1. The van der Waals surface area contributed by atoms with E-state index < -0.39 is 23.7 Å². The molecule has 4 heterocycles. The summed E-state index contributed by atoms with van der Waals surface area (Å²) < 4.78 is 15.2. The number of carboxylic acids is 1. The van der Waals surface area contributed by atoms with Crippen molar-refractivity contribution < 1.29 is 19.1 Å². The number of hydrogen-bond donors (Lipinski definition) is 3. The molecule has 142 valence electrons. The molecule has 0 aliphatic rings. The molecule has 1 amide bonds. The van der Waals surface area contributed by atoms with E-state index in [-0.39, 0.29) is 6.54 Å². The molecule has 0 aliphatic heterocycles. The smallest absolute Gasteiger partial charge is 0.325 e. The third kappa shape index (κ3) is 3.15. The lowest BCUT2D eigenvalue weighted by Gasteiger charge is -2.10. The van der Waals surface area contributed by atoms with Crippen LogP contribution in [0.4, 0.5) is 4.39 Å². The Hall–Kier alpha value is -3.82. The van der Waals surface area contributed by atoms with Gasteiger partial charge in [0.25, 0.3) is 0 Å². The number of aromatic amines is 1. The molecule has 0 spiro atoms. The summed E-state index contributed by atoms with van der Waals surface area (Å²) in [5.74, 6) is -1.69. The lowest BCUT2D eigenvalue weighted by atomic mass is 10.2. The summed E-state index contributed by atoms with van der Waals surface area (Å²) in [6.45, 7) is 1.29. The molecule has 10 heteroatoms. The van der Waals surface area contributed by atoms with Crippen molar-refractivity contribution in [3.63, 3.8) is 0 Å². The van der Waals surface area contributed by atoms with Gasteiger partial charge in [-0.2, -0.15) is 0 Å². The summed E-state index contributed by atoms with van der Waals surface area (Å²) in [5, 5.41) is 12.6. The molecular formula is C18H15FN6O3. The number of nitrogens with one attached hydrogen (secondary N) is 2. The predicted octanol–water partition coefficient (Wildman–Crippen LogP) is 1.70. The highest BCUT2D eigenvalue weighted by Gasteiger charge is 2.16. The number of hydrogen-bond acceptors (Lipinski definition) is 5. The van der Waals surface area contributed by atoms with E-state index in [1.807, 2.05) is 0 Å². The van der Waals surface area contributed by atoms with Gasteiger partial charge in [0, 0.05) is 34.9 Å². The van der Waals surface area contributed by atoms with Crippen LogP contribution in [0.25, 0.3) is 33.5 Å². The van der Waals surface area contributed by atoms with E-state index >= 15 is 0 Å². The van der Waals surface area contributed by atoms with Crippen molar-refractivity contribution in [1.29, 1.82) is 0 Å². The Morgan fingerprint density at radius 2 is 2.18 bits per heavy atom. The van der Waals surface area contributed by atoms with Crippen molar-refractivity contribution in [3.8, 4) is 11.4 Å². The third-order valence-electron chi connectivity index (χ3n) is 4.30. The van der Waals surface area contributed by atoms with Crippen molar-refractivity contribution in [2.75, 3.05) is 0 Å². The van der Waals surface area contributed by atoms with E-state index in [0.717, 1.165) is 6.20 Å². The summed E-state index contributed by atoms with van der Waals surface area (Å²) in [6.07, 6.45) is 6.05. The van der Waals surface area contributed by atoms with Gasteiger partial charge in [0.15, 0.2) is 5.82 Å². The molecule has 1 atom stereocenters. The maximum atomic E-state index is 13.6.